The monoisotopic (exact) mass is 905 g/mol. The van der Waals surface area contributed by atoms with Gasteiger partial charge in [-0.1, -0.05) is 6.92 Å². The summed E-state index contributed by atoms with van der Waals surface area (Å²) >= 11 is 0. The Morgan fingerprint density at radius 1 is 0.500 bits per heavy atom. The molecule has 0 aromatic rings. The number of rotatable bonds is 15. The third-order valence-corrected chi connectivity index (χ3v) is 11.4. The molecule has 0 aromatic carbocycles. The van der Waals surface area contributed by atoms with Crippen LogP contribution in [0, 0.1) is 0 Å². The third-order valence-electron chi connectivity index (χ3n) is 11.4. The van der Waals surface area contributed by atoms with Crippen molar-refractivity contribution in [2.75, 3.05) is 19.8 Å². The lowest BCUT2D eigenvalue weighted by Gasteiger charge is -2.51. The molecule has 0 spiro atoms. The van der Waals surface area contributed by atoms with Crippen molar-refractivity contribution in [2.24, 2.45) is 0 Å². The predicted octanol–water partition coefficient (Wildman–Crippen LogP) is -6.69. The van der Waals surface area contributed by atoms with Crippen molar-refractivity contribution < 1.29 is 118 Å². The Labute approximate surface area is 356 Å². The minimum absolute atomic E-state index is 0.0652. The summed E-state index contributed by atoms with van der Waals surface area (Å²) in [5, 5.41) is 120. The van der Waals surface area contributed by atoms with Crippen molar-refractivity contribution >= 4 is 11.9 Å². The molecule has 360 valence electrons. The zero-order chi connectivity index (χ0) is 45.9. The molecule has 1 amide bonds. The van der Waals surface area contributed by atoms with Crippen LogP contribution in [0.5, 0.6) is 0 Å². The standard InChI is InChI=1S/C37H63NO24/c1-7-8-52-36-31(29(20(44)12(3)54-36)61-35-27(51)25(49)22(46)16(9-39)58-35)62-33-18(38-14(5)41)28(23(47)17(10-40)57-33)59-37-32(56-15(6)42)30(21(45)13(4)55-37)60-34-26(50)24(48)19(43)11(2)53-34/h11-13,16-37,39-40,43-51H,7-10H2,1-6H3,(H,38,41)/t11?,12?,13?,16-,17?,18?,19+,20+,21+,22-,23+,24-,25?,26?,27?,28-,29-,30-,31?,32?,33+,34+,35-,36-,37+/m1/s1. The zero-order valence-corrected chi connectivity index (χ0v) is 35.0. The van der Waals surface area contributed by atoms with Crippen molar-refractivity contribution in [2.45, 2.75) is 201 Å². The average molecular weight is 906 g/mol. The molecule has 12 N–H and O–H groups in total. The van der Waals surface area contributed by atoms with Crippen LogP contribution in [0.2, 0.25) is 0 Å². The van der Waals surface area contributed by atoms with E-state index in [9.17, 15) is 65.8 Å². The fourth-order valence-electron chi connectivity index (χ4n) is 7.88. The average Bonchev–Trinajstić information content (AvgIpc) is 3.22. The highest BCUT2D eigenvalue weighted by atomic mass is 16.8. The second-order valence-electron chi connectivity index (χ2n) is 16.1. The minimum atomic E-state index is -1.92. The van der Waals surface area contributed by atoms with E-state index in [0.29, 0.717) is 6.42 Å². The van der Waals surface area contributed by atoms with E-state index in [0.717, 1.165) is 13.8 Å². The fourth-order valence-corrected chi connectivity index (χ4v) is 7.88. The van der Waals surface area contributed by atoms with E-state index in [1.54, 1.807) is 6.92 Å². The van der Waals surface area contributed by atoms with Gasteiger partial charge in [0.1, 0.15) is 97.6 Å². The van der Waals surface area contributed by atoms with Crippen LogP contribution in [0.1, 0.15) is 48.0 Å². The summed E-state index contributed by atoms with van der Waals surface area (Å²) < 4.78 is 65.1. The number of carbonyl (C=O) groups is 2. The first kappa shape index (κ1) is 51.1. The number of amides is 1. The molecule has 25 nitrogen and oxygen atoms in total. The summed E-state index contributed by atoms with van der Waals surface area (Å²) in [5.74, 6) is -1.67. The summed E-state index contributed by atoms with van der Waals surface area (Å²) in [7, 11) is 0. The number of ether oxygens (including phenoxy) is 11. The van der Waals surface area contributed by atoms with E-state index in [1.807, 2.05) is 0 Å². The van der Waals surface area contributed by atoms with Gasteiger partial charge in [-0.05, 0) is 27.2 Å². The molecule has 5 heterocycles. The molecule has 25 atom stereocenters. The Morgan fingerprint density at radius 3 is 1.50 bits per heavy atom. The molecular formula is C37H63NO24. The first-order valence-electron chi connectivity index (χ1n) is 20.5. The zero-order valence-electron chi connectivity index (χ0n) is 35.0. The Morgan fingerprint density at radius 2 is 0.952 bits per heavy atom. The van der Waals surface area contributed by atoms with Gasteiger partial charge in [0.05, 0.1) is 31.5 Å². The van der Waals surface area contributed by atoms with Crippen LogP contribution in [0.4, 0.5) is 0 Å². The minimum Gasteiger partial charge on any atom is -0.454 e. The predicted molar refractivity (Wildman–Crippen MR) is 197 cm³/mol. The van der Waals surface area contributed by atoms with Crippen molar-refractivity contribution in [1.29, 1.82) is 0 Å². The normalized spacial score (nSPS) is 49.0. The number of hydrogen-bond acceptors (Lipinski definition) is 24. The largest absolute Gasteiger partial charge is 0.454 e. The fraction of sp³-hybridized carbons (Fsp3) is 0.946. The van der Waals surface area contributed by atoms with Crippen LogP contribution in [-0.2, 0) is 61.7 Å². The molecule has 0 aliphatic carbocycles. The molecule has 62 heavy (non-hydrogen) atoms. The molecule has 5 rings (SSSR count). The van der Waals surface area contributed by atoms with E-state index >= 15 is 0 Å². The van der Waals surface area contributed by atoms with E-state index < -0.39 is 179 Å². The van der Waals surface area contributed by atoms with Gasteiger partial charge in [-0.3, -0.25) is 9.59 Å². The molecule has 5 fully saturated rings. The third kappa shape index (κ3) is 11.2. The lowest BCUT2D eigenvalue weighted by Crippen LogP contribution is -2.70. The van der Waals surface area contributed by atoms with Gasteiger partial charge in [-0.25, -0.2) is 0 Å². The smallest absolute Gasteiger partial charge is 0.303 e. The second kappa shape index (κ2) is 22.1. The van der Waals surface area contributed by atoms with Crippen LogP contribution in [0.3, 0.4) is 0 Å². The van der Waals surface area contributed by atoms with Gasteiger partial charge in [-0.2, -0.15) is 0 Å². The maximum atomic E-state index is 12.8. The first-order valence-corrected chi connectivity index (χ1v) is 20.5. The molecule has 0 aromatic heterocycles. The molecule has 0 radical (unpaired) electrons. The van der Waals surface area contributed by atoms with Gasteiger partial charge in [0.15, 0.2) is 37.6 Å². The van der Waals surface area contributed by atoms with E-state index in [2.05, 4.69) is 5.32 Å². The van der Waals surface area contributed by atoms with Crippen molar-refractivity contribution in [1.82, 2.24) is 5.32 Å². The summed E-state index contributed by atoms with van der Waals surface area (Å²) in [6.07, 6.45) is -38.2. The Balaban J connectivity index is 1.49. The number of nitrogens with one attached hydrogen (secondary N) is 1. The number of esters is 1. The lowest BCUT2D eigenvalue weighted by atomic mass is 9.94. The summed E-state index contributed by atoms with van der Waals surface area (Å²) in [5.41, 5.74) is 0. The van der Waals surface area contributed by atoms with Crippen LogP contribution in [0.15, 0.2) is 0 Å². The summed E-state index contributed by atoms with van der Waals surface area (Å²) in [6, 6.07) is -1.59. The van der Waals surface area contributed by atoms with Crippen LogP contribution < -0.4 is 5.32 Å². The van der Waals surface area contributed by atoms with Crippen molar-refractivity contribution in [3.63, 3.8) is 0 Å². The molecule has 0 bridgehead atoms. The Kier molecular flexibility index (Phi) is 18.2. The maximum absolute atomic E-state index is 12.8. The number of aliphatic hydroxyl groups is 11. The van der Waals surface area contributed by atoms with Gasteiger partial charge in [0, 0.05) is 20.5 Å². The van der Waals surface area contributed by atoms with E-state index in [4.69, 9.17) is 52.1 Å². The Hall–Kier alpha value is -1.90. The molecular weight excluding hydrogens is 842 g/mol. The number of carbonyl (C=O) groups excluding carboxylic acids is 2. The van der Waals surface area contributed by atoms with Crippen molar-refractivity contribution in [3.8, 4) is 0 Å². The van der Waals surface area contributed by atoms with Gasteiger partial charge >= 0.3 is 5.97 Å². The number of aliphatic hydroxyl groups excluding tert-OH is 11. The topological polar surface area (TPSA) is 370 Å². The maximum Gasteiger partial charge on any atom is 0.303 e. The van der Waals surface area contributed by atoms with Crippen LogP contribution >= 0.6 is 0 Å². The number of hydrogen-bond donors (Lipinski definition) is 12. The molecule has 10 unspecified atom stereocenters. The van der Waals surface area contributed by atoms with Gasteiger partial charge in [-0.15, -0.1) is 0 Å². The highest BCUT2D eigenvalue weighted by Crippen LogP contribution is 2.37. The quantitative estimate of drug-likeness (QED) is 0.0680. The summed E-state index contributed by atoms with van der Waals surface area (Å²) in [4.78, 5) is 25.4. The Bertz CT molecular complexity index is 1430. The first-order chi connectivity index (χ1) is 29.2. The molecule has 5 aliphatic rings. The molecule has 5 aliphatic heterocycles. The molecule has 0 saturated carbocycles. The SMILES string of the molecule is CCCO[C@@H]1OC(C)[C@H](O)[C@@H](O[C@H]2O[C@H](CO)[C@@H](O)C(O)C2O)C1O[C@@H]1OC(CO)[C@H](O)[C@H](O[C@@H]2OC(C)[C@H](O)[C@@H](O[C@@H]3OC(C)[C@H](O)[C@@H](O)C3O)C2OC(C)=O)C1NC(C)=O. The molecule has 25 heteroatoms. The van der Waals surface area contributed by atoms with Crippen molar-refractivity contribution in [3.05, 3.63) is 0 Å². The molecule has 5 saturated heterocycles. The van der Waals surface area contributed by atoms with Gasteiger partial charge in [0.25, 0.3) is 0 Å². The second-order valence-corrected chi connectivity index (χ2v) is 16.1. The van der Waals surface area contributed by atoms with Gasteiger partial charge in [0.2, 0.25) is 5.91 Å². The lowest BCUT2D eigenvalue weighted by molar-refractivity contribution is -0.391. The van der Waals surface area contributed by atoms with Gasteiger partial charge < -0.3 is 114 Å². The van der Waals surface area contributed by atoms with Crippen LogP contribution in [-0.4, -0.2) is 241 Å². The van der Waals surface area contributed by atoms with E-state index in [-0.39, 0.29) is 6.61 Å². The highest BCUT2D eigenvalue weighted by Gasteiger charge is 2.57. The van der Waals surface area contributed by atoms with E-state index in [1.165, 1.54) is 20.8 Å². The highest BCUT2D eigenvalue weighted by molar-refractivity contribution is 5.73. The van der Waals surface area contributed by atoms with Crippen LogP contribution in [0.25, 0.3) is 0 Å². The summed E-state index contributed by atoms with van der Waals surface area (Å²) in [6.45, 7) is 6.54.